The molecule has 1 unspecified atom stereocenters. The van der Waals surface area contributed by atoms with E-state index in [1.54, 1.807) is 16.7 Å². The Balaban J connectivity index is 1.46. The maximum atomic E-state index is 12.5. The molecule has 2 heterocycles. The van der Waals surface area contributed by atoms with Crippen molar-refractivity contribution in [3.63, 3.8) is 0 Å². The van der Waals surface area contributed by atoms with Crippen molar-refractivity contribution >= 4 is 23.4 Å². The molecule has 0 radical (unpaired) electrons. The number of anilines is 1. The van der Waals surface area contributed by atoms with Gasteiger partial charge in [0.15, 0.2) is 0 Å². The molecule has 0 N–H and O–H groups in total. The number of ether oxygens (including phenoxy) is 1. The fourth-order valence-corrected chi connectivity index (χ4v) is 3.73. The first-order chi connectivity index (χ1) is 14.2. The molecule has 3 aromatic rings. The molecule has 1 amide bonds. The van der Waals surface area contributed by atoms with Crippen molar-refractivity contribution in [2.45, 2.75) is 30.6 Å². The van der Waals surface area contributed by atoms with Gasteiger partial charge in [0.25, 0.3) is 0 Å². The van der Waals surface area contributed by atoms with Gasteiger partial charge in [-0.2, -0.15) is 4.98 Å². The van der Waals surface area contributed by atoms with Gasteiger partial charge in [-0.05, 0) is 61.2 Å². The summed E-state index contributed by atoms with van der Waals surface area (Å²) >= 11 is 1.68. The molecule has 4 rings (SSSR count). The summed E-state index contributed by atoms with van der Waals surface area (Å²) in [6.45, 7) is 3.31. The number of nitrogens with zero attached hydrogens (tertiary/aromatic N) is 3. The second-order valence-electron chi connectivity index (χ2n) is 6.93. The molecule has 1 fully saturated rings. The molecule has 1 aliphatic rings. The fourth-order valence-electron chi connectivity index (χ4n) is 3.32. The molecule has 0 saturated carbocycles. The molecule has 1 saturated heterocycles. The van der Waals surface area contributed by atoms with E-state index in [2.05, 4.69) is 17.1 Å². The number of thioether (sulfide) groups is 1. The summed E-state index contributed by atoms with van der Waals surface area (Å²) in [7, 11) is 0. The maximum absolute atomic E-state index is 12.5. The Morgan fingerprint density at radius 2 is 1.93 bits per heavy atom. The third-order valence-corrected chi connectivity index (χ3v) is 5.63. The summed E-state index contributed by atoms with van der Waals surface area (Å²) in [5, 5.41) is 4.11. The lowest BCUT2D eigenvalue weighted by Gasteiger charge is -2.16. The zero-order chi connectivity index (χ0) is 20.2. The molecular weight excluding hydrogens is 386 g/mol. The summed E-state index contributed by atoms with van der Waals surface area (Å²) in [4.78, 5) is 20.0. The Morgan fingerprint density at radius 3 is 2.62 bits per heavy atom. The number of benzene rings is 2. The lowest BCUT2D eigenvalue weighted by Crippen LogP contribution is -2.24. The zero-order valence-electron chi connectivity index (χ0n) is 16.5. The van der Waals surface area contributed by atoms with Crippen LogP contribution in [-0.4, -0.2) is 35.5 Å². The molecule has 1 aromatic heterocycles. The molecule has 7 heteroatoms. The van der Waals surface area contributed by atoms with Crippen LogP contribution in [0.5, 0.6) is 5.75 Å². The van der Waals surface area contributed by atoms with E-state index in [4.69, 9.17) is 9.26 Å². The lowest BCUT2D eigenvalue weighted by atomic mass is 10.1. The minimum Gasteiger partial charge on any atom is -0.494 e. The fraction of sp³-hybridized carbons (Fsp3) is 0.318. The molecule has 6 nitrogen and oxygen atoms in total. The second-order valence-corrected chi connectivity index (χ2v) is 7.81. The lowest BCUT2D eigenvalue weighted by molar-refractivity contribution is -0.117. The van der Waals surface area contributed by atoms with Crippen LogP contribution < -0.4 is 9.64 Å². The first-order valence-electron chi connectivity index (χ1n) is 9.69. The average Bonchev–Trinajstić information content (AvgIpc) is 3.40. The Labute approximate surface area is 174 Å². The first kappa shape index (κ1) is 19.5. The van der Waals surface area contributed by atoms with E-state index >= 15 is 0 Å². The second kappa shape index (κ2) is 8.69. The van der Waals surface area contributed by atoms with Crippen LogP contribution in [-0.2, 0) is 4.79 Å². The number of carbonyl (C=O) groups excluding carboxylic acids is 1. The minimum atomic E-state index is -0.101. The zero-order valence-corrected chi connectivity index (χ0v) is 17.3. The standard InChI is InChI=1S/C22H23N3O3S/c1-3-12-27-18-8-4-15(5-9-18)21-23-22(28-24-21)16-13-20(26)25(14-16)17-6-10-19(29-2)11-7-17/h4-11,16H,3,12-14H2,1-2H3. The van der Waals surface area contributed by atoms with E-state index in [1.165, 1.54) is 4.90 Å². The summed E-state index contributed by atoms with van der Waals surface area (Å²) in [6, 6.07) is 15.7. The highest BCUT2D eigenvalue weighted by Gasteiger charge is 2.35. The van der Waals surface area contributed by atoms with Crippen molar-refractivity contribution in [3.05, 3.63) is 54.4 Å². The van der Waals surface area contributed by atoms with Gasteiger partial charge in [-0.1, -0.05) is 12.1 Å². The van der Waals surface area contributed by atoms with Gasteiger partial charge in [0.2, 0.25) is 17.6 Å². The summed E-state index contributed by atoms with van der Waals surface area (Å²) in [6.07, 6.45) is 3.37. The van der Waals surface area contributed by atoms with Gasteiger partial charge in [0.1, 0.15) is 5.75 Å². The Morgan fingerprint density at radius 1 is 1.17 bits per heavy atom. The third-order valence-electron chi connectivity index (χ3n) is 4.89. The number of hydrogen-bond donors (Lipinski definition) is 0. The smallest absolute Gasteiger partial charge is 0.232 e. The monoisotopic (exact) mass is 409 g/mol. The molecule has 29 heavy (non-hydrogen) atoms. The van der Waals surface area contributed by atoms with E-state index in [1.807, 2.05) is 54.8 Å². The highest BCUT2D eigenvalue weighted by Crippen LogP contribution is 2.33. The molecule has 150 valence electrons. The highest BCUT2D eigenvalue weighted by molar-refractivity contribution is 7.98. The van der Waals surface area contributed by atoms with Gasteiger partial charge in [-0.15, -0.1) is 11.8 Å². The Hall–Kier alpha value is -2.80. The molecule has 0 spiro atoms. The SMILES string of the molecule is CCCOc1ccc(-c2noc(C3CC(=O)N(c4ccc(SC)cc4)C3)n2)cc1. The number of carbonyl (C=O) groups is 1. The van der Waals surface area contributed by atoms with Crippen LogP contribution in [0.4, 0.5) is 5.69 Å². The van der Waals surface area contributed by atoms with Crippen molar-refractivity contribution in [2.24, 2.45) is 0 Å². The largest absolute Gasteiger partial charge is 0.494 e. The first-order valence-corrected chi connectivity index (χ1v) is 10.9. The van der Waals surface area contributed by atoms with Crippen LogP contribution in [0.2, 0.25) is 0 Å². The average molecular weight is 410 g/mol. The van der Waals surface area contributed by atoms with E-state index in [0.29, 0.717) is 31.3 Å². The molecule has 1 aliphatic heterocycles. The maximum Gasteiger partial charge on any atom is 0.232 e. The van der Waals surface area contributed by atoms with Crippen LogP contribution >= 0.6 is 11.8 Å². The van der Waals surface area contributed by atoms with Gasteiger partial charge in [0, 0.05) is 29.1 Å². The van der Waals surface area contributed by atoms with Gasteiger partial charge in [-0.3, -0.25) is 4.79 Å². The minimum absolute atomic E-state index is 0.0732. The third kappa shape index (κ3) is 4.29. The van der Waals surface area contributed by atoms with Crippen molar-refractivity contribution < 1.29 is 14.1 Å². The van der Waals surface area contributed by atoms with Crippen molar-refractivity contribution in [3.8, 4) is 17.1 Å². The van der Waals surface area contributed by atoms with Crippen molar-refractivity contribution in [1.82, 2.24) is 10.1 Å². The quantitative estimate of drug-likeness (QED) is 0.524. The van der Waals surface area contributed by atoms with Crippen LogP contribution in [0.1, 0.15) is 31.6 Å². The topological polar surface area (TPSA) is 68.5 Å². The summed E-state index contributed by atoms with van der Waals surface area (Å²) < 4.78 is 11.1. The van der Waals surface area contributed by atoms with Crippen molar-refractivity contribution in [2.75, 3.05) is 24.3 Å². The number of aromatic nitrogens is 2. The molecule has 0 aliphatic carbocycles. The van der Waals surface area contributed by atoms with Crippen LogP contribution in [0.25, 0.3) is 11.4 Å². The highest BCUT2D eigenvalue weighted by atomic mass is 32.2. The normalized spacial score (nSPS) is 16.4. The summed E-state index contributed by atoms with van der Waals surface area (Å²) in [5.41, 5.74) is 1.76. The molecular formula is C22H23N3O3S. The number of hydrogen-bond acceptors (Lipinski definition) is 6. The Kier molecular flexibility index (Phi) is 5.85. The van der Waals surface area contributed by atoms with Crippen LogP contribution in [0.3, 0.4) is 0 Å². The van der Waals surface area contributed by atoms with Gasteiger partial charge >= 0.3 is 0 Å². The molecule has 1 atom stereocenters. The van der Waals surface area contributed by atoms with E-state index in [-0.39, 0.29) is 11.8 Å². The predicted octanol–water partition coefficient (Wildman–Crippen LogP) is 4.77. The molecule has 2 aromatic carbocycles. The molecule has 0 bridgehead atoms. The van der Waals surface area contributed by atoms with Gasteiger partial charge in [0.05, 0.1) is 12.5 Å². The number of rotatable bonds is 7. The van der Waals surface area contributed by atoms with Gasteiger partial charge in [-0.25, -0.2) is 0 Å². The van der Waals surface area contributed by atoms with E-state index in [9.17, 15) is 4.79 Å². The summed E-state index contributed by atoms with van der Waals surface area (Å²) in [5.74, 6) is 1.82. The Bertz CT molecular complexity index is 970. The van der Waals surface area contributed by atoms with Crippen LogP contribution in [0, 0.1) is 0 Å². The van der Waals surface area contributed by atoms with Gasteiger partial charge < -0.3 is 14.2 Å². The predicted molar refractivity (Wildman–Crippen MR) is 113 cm³/mol. The van der Waals surface area contributed by atoms with E-state index < -0.39 is 0 Å². The van der Waals surface area contributed by atoms with E-state index in [0.717, 1.165) is 23.4 Å². The van der Waals surface area contributed by atoms with Crippen LogP contribution in [0.15, 0.2) is 57.9 Å². The number of amides is 1. The van der Waals surface area contributed by atoms with Crippen molar-refractivity contribution in [1.29, 1.82) is 0 Å².